The molecule has 0 fully saturated rings. The fraction of sp³-hybridized carbons (Fsp3) is 0.364. The van der Waals surface area contributed by atoms with Crippen LogP contribution >= 0.6 is 0 Å². The van der Waals surface area contributed by atoms with Gasteiger partial charge in [0.1, 0.15) is 11.9 Å². The van der Waals surface area contributed by atoms with Gasteiger partial charge in [-0.05, 0) is 26.8 Å². The number of hydrogen-bond acceptors (Lipinski definition) is 6. The Bertz CT molecular complexity index is 618. The first-order chi connectivity index (χ1) is 8.79. The van der Waals surface area contributed by atoms with Gasteiger partial charge in [0, 0.05) is 11.6 Å². The molecule has 0 aliphatic rings. The third-order valence-electron chi connectivity index (χ3n) is 2.35. The molecule has 0 aliphatic heterocycles. The molecule has 2 aromatic heterocycles. The summed E-state index contributed by atoms with van der Waals surface area (Å²) in [6.07, 6.45) is 2.04. The molecule has 0 amide bonds. The Labute approximate surface area is 110 Å². The number of rotatable bonds is 1. The maximum atomic E-state index is 12.0. The van der Waals surface area contributed by atoms with Crippen LogP contribution in [0.25, 0.3) is 11.0 Å². The predicted molar refractivity (Wildman–Crippen MR) is 69.0 cm³/mol. The van der Waals surface area contributed by atoms with Crippen LogP contribution in [0.1, 0.15) is 20.8 Å². The highest BCUT2D eigenvalue weighted by molar-refractivity contribution is 6.60. The van der Waals surface area contributed by atoms with Gasteiger partial charge in [-0.15, -0.1) is 0 Å². The van der Waals surface area contributed by atoms with Crippen LogP contribution in [-0.4, -0.2) is 43.4 Å². The molecular formula is C11H14BN3O4. The molecular weight excluding hydrogens is 249 g/mol. The Balaban J connectivity index is 2.47. The van der Waals surface area contributed by atoms with E-state index in [4.69, 9.17) is 4.74 Å². The van der Waals surface area contributed by atoms with E-state index in [-0.39, 0.29) is 11.2 Å². The van der Waals surface area contributed by atoms with Gasteiger partial charge >= 0.3 is 13.2 Å². The van der Waals surface area contributed by atoms with Gasteiger partial charge in [-0.25, -0.2) is 19.3 Å². The lowest BCUT2D eigenvalue weighted by atomic mass is 9.84. The van der Waals surface area contributed by atoms with E-state index >= 15 is 0 Å². The van der Waals surface area contributed by atoms with Crippen molar-refractivity contribution in [2.24, 2.45) is 0 Å². The molecule has 0 spiro atoms. The summed E-state index contributed by atoms with van der Waals surface area (Å²) < 4.78 is 6.43. The zero-order chi connectivity index (χ0) is 14.2. The molecule has 0 atom stereocenters. The number of carbonyl (C=O) groups is 1. The van der Waals surface area contributed by atoms with Crippen LogP contribution in [0.15, 0.2) is 18.6 Å². The largest absolute Gasteiger partial charge is 0.508 e. The third kappa shape index (κ3) is 2.74. The Morgan fingerprint density at radius 3 is 2.63 bits per heavy atom. The maximum Gasteiger partial charge on any atom is 0.508 e. The Morgan fingerprint density at radius 1 is 1.37 bits per heavy atom. The average molecular weight is 263 g/mol. The van der Waals surface area contributed by atoms with Crippen LogP contribution in [0.3, 0.4) is 0 Å². The summed E-state index contributed by atoms with van der Waals surface area (Å²) in [4.78, 5) is 19.7. The number of aromatic nitrogens is 3. The molecule has 8 heteroatoms. The Kier molecular flexibility index (Phi) is 3.29. The normalized spacial score (nSPS) is 11.6. The Morgan fingerprint density at radius 2 is 2.05 bits per heavy atom. The van der Waals surface area contributed by atoms with Crippen molar-refractivity contribution in [3.63, 3.8) is 0 Å². The van der Waals surface area contributed by atoms with Crippen molar-refractivity contribution in [3.05, 3.63) is 18.6 Å². The Hall–Kier alpha value is -1.93. The highest BCUT2D eigenvalue weighted by Crippen LogP contribution is 2.14. The van der Waals surface area contributed by atoms with Gasteiger partial charge in [0.05, 0.1) is 5.59 Å². The van der Waals surface area contributed by atoms with E-state index in [9.17, 15) is 14.8 Å². The average Bonchev–Trinajstić information content (AvgIpc) is 2.69. The van der Waals surface area contributed by atoms with Crippen molar-refractivity contribution in [2.45, 2.75) is 26.4 Å². The molecule has 2 aromatic rings. The molecule has 19 heavy (non-hydrogen) atoms. The minimum Gasteiger partial charge on any atom is -0.443 e. The monoisotopic (exact) mass is 263 g/mol. The second-order valence-electron chi connectivity index (χ2n) is 5.04. The molecule has 2 rings (SSSR count). The lowest BCUT2D eigenvalue weighted by Gasteiger charge is -2.19. The smallest absolute Gasteiger partial charge is 0.443 e. The van der Waals surface area contributed by atoms with Crippen LogP contribution < -0.4 is 5.59 Å². The summed E-state index contributed by atoms with van der Waals surface area (Å²) in [5, 5.41) is 18.8. The first kappa shape index (κ1) is 13.5. The molecule has 0 saturated heterocycles. The summed E-state index contributed by atoms with van der Waals surface area (Å²) in [7, 11) is -1.72. The topological polar surface area (TPSA) is 97.5 Å². The van der Waals surface area contributed by atoms with E-state index in [1.54, 1.807) is 20.8 Å². The minimum absolute atomic E-state index is 0.0484. The molecule has 0 radical (unpaired) electrons. The highest BCUT2D eigenvalue weighted by Gasteiger charge is 2.23. The molecule has 0 aliphatic carbocycles. The molecule has 0 aromatic carbocycles. The molecule has 0 unspecified atom stereocenters. The van der Waals surface area contributed by atoms with Crippen LogP contribution in [0.4, 0.5) is 4.79 Å². The van der Waals surface area contributed by atoms with Crippen molar-refractivity contribution in [1.29, 1.82) is 0 Å². The predicted octanol–water partition coefficient (Wildman–Crippen LogP) is -0.106. The van der Waals surface area contributed by atoms with E-state index in [1.165, 1.54) is 16.8 Å². The van der Waals surface area contributed by atoms with Gasteiger partial charge in [0.25, 0.3) is 0 Å². The summed E-state index contributed by atoms with van der Waals surface area (Å²) in [5.41, 5.74) is -0.306. The van der Waals surface area contributed by atoms with Crippen molar-refractivity contribution in [3.8, 4) is 0 Å². The number of ether oxygens (including phenoxy) is 1. The SMILES string of the molecule is CC(C)(C)OC(=O)n1ccc2c(B(O)O)ncnc21. The summed E-state index contributed by atoms with van der Waals surface area (Å²) in [6.45, 7) is 5.28. The van der Waals surface area contributed by atoms with Gasteiger partial charge < -0.3 is 14.8 Å². The molecule has 7 nitrogen and oxygen atoms in total. The quantitative estimate of drug-likeness (QED) is 0.697. The van der Waals surface area contributed by atoms with E-state index in [1.807, 2.05) is 0 Å². The van der Waals surface area contributed by atoms with Crippen molar-refractivity contribution >= 4 is 29.8 Å². The van der Waals surface area contributed by atoms with Crippen molar-refractivity contribution in [2.75, 3.05) is 0 Å². The molecule has 2 N–H and O–H groups in total. The number of fused-ring (bicyclic) bond motifs is 1. The summed E-state index contributed by atoms with van der Waals surface area (Å²) >= 11 is 0. The zero-order valence-corrected chi connectivity index (χ0v) is 10.9. The van der Waals surface area contributed by atoms with Gasteiger partial charge in [-0.2, -0.15) is 0 Å². The lowest BCUT2D eigenvalue weighted by Crippen LogP contribution is -2.33. The van der Waals surface area contributed by atoms with Crippen molar-refractivity contribution in [1.82, 2.24) is 14.5 Å². The first-order valence-electron chi connectivity index (χ1n) is 5.71. The van der Waals surface area contributed by atoms with Crippen LogP contribution in [0.5, 0.6) is 0 Å². The lowest BCUT2D eigenvalue weighted by molar-refractivity contribution is 0.0543. The molecule has 0 bridgehead atoms. The minimum atomic E-state index is -1.72. The first-order valence-corrected chi connectivity index (χ1v) is 5.71. The van der Waals surface area contributed by atoms with Gasteiger partial charge in [-0.3, -0.25) is 0 Å². The van der Waals surface area contributed by atoms with Crippen molar-refractivity contribution < 1.29 is 19.6 Å². The highest BCUT2D eigenvalue weighted by atomic mass is 16.6. The van der Waals surface area contributed by atoms with E-state index in [0.717, 1.165) is 6.33 Å². The second kappa shape index (κ2) is 4.63. The second-order valence-corrected chi connectivity index (χ2v) is 5.04. The van der Waals surface area contributed by atoms with E-state index in [2.05, 4.69) is 9.97 Å². The number of nitrogens with zero attached hydrogens (tertiary/aromatic N) is 3. The van der Waals surface area contributed by atoms with Gasteiger partial charge in [0.2, 0.25) is 0 Å². The van der Waals surface area contributed by atoms with Crippen LogP contribution in [-0.2, 0) is 4.74 Å². The van der Waals surface area contributed by atoms with Gasteiger partial charge in [-0.1, -0.05) is 0 Å². The summed E-state index contributed by atoms with van der Waals surface area (Å²) in [6, 6.07) is 1.54. The zero-order valence-electron chi connectivity index (χ0n) is 10.9. The third-order valence-corrected chi connectivity index (χ3v) is 2.35. The fourth-order valence-corrected chi connectivity index (χ4v) is 1.64. The standard InChI is InChI=1S/C11H14BN3O4/c1-11(2,3)19-10(16)15-5-4-7-8(12(17)18)13-6-14-9(7)15/h4-6,17-18H,1-3H3. The maximum absolute atomic E-state index is 12.0. The van der Waals surface area contributed by atoms with Crippen LogP contribution in [0.2, 0.25) is 0 Å². The molecule has 0 saturated carbocycles. The van der Waals surface area contributed by atoms with Crippen LogP contribution in [0, 0.1) is 0 Å². The molecule has 100 valence electrons. The molecule has 2 heterocycles. The van der Waals surface area contributed by atoms with E-state index in [0.29, 0.717) is 5.39 Å². The summed E-state index contributed by atoms with van der Waals surface area (Å²) in [5.74, 6) is 0. The number of carbonyl (C=O) groups excluding carboxylic acids is 1. The van der Waals surface area contributed by atoms with Gasteiger partial charge in [0.15, 0.2) is 5.65 Å². The fourth-order valence-electron chi connectivity index (χ4n) is 1.64. The number of hydrogen-bond donors (Lipinski definition) is 2. The van der Waals surface area contributed by atoms with E-state index < -0.39 is 18.8 Å².